The van der Waals surface area contributed by atoms with Crippen LogP contribution in [0.5, 0.6) is 0 Å². The monoisotopic (exact) mass is 591 g/mol. The minimum absolute atomic E-state index is 0.0463. The molecule has 2 bridgehead atoms. The van der Waals surface area contributed by atoms with Gasteiger partial charge in [0.15, 0.2) is 0 Å². The van der Waals surface area contributed by atoms with Gasteiger partial charge < -0.3 is 21.3 Å². The second-order valence-electron chi connectivity index (χ2n) is 10.8. The molecule has 0 aliphatic carbocycles. The van der Waals surface area contributed by atoms with Crippen LogP contribution in [0.1, 0.15) is 82.2 Å². The van der Waals surface area contributed by atoms with Gasteiger partial charge in [-0.3, -0.25) is 19.2 Å². The third-order valence-electron chi connectivity index (χ3n) is 6.93. The fourth-order valence-electron chi connectivity index (χ4n) is 4.74. The Hall–Kier alpha value is -4.19. The number of benzene rings is 1. The van der Waals surface area contributed by atoms with Crippen LogP contribution in [-0.2, 0) is 16.0 Å². The molecule has 0 unspecified atom stereocenters. The zero-order chi connectivity index (χ0) is 30.2. The van der Waals surface area contributed by atoms with Gasteiger partial charge in [0, 0.05) is 24.0 Å². The first-order valence-electron chi connectivity index (χ1n) is 14.1. The highest BCUT2D eigenvalue weighted by atomic mass is 32.1. The SMILES string of the molecule is Cc1cc(C(=O)N[C@H]2CCCCNC(=O)[C@@H](Cc3ccccc3)NC(=O)c3csc(n3)[C@@H](C(C)C)NC2=O)nc(C)n1. The number of rotatable bonds is 5. The summed E-state index contributed by atoms with van der Waals surface area (Å²) in [5.41, 5.74) is 1.93. The molecule has 3 atom stereocenters. The summed E-state index contributed by atoms with van der Waals surface area (Å²) >= 11 is 1.26. The third kappa shape index (κ3) is 8.19. The molecule has 11 nitrogen and oxygen atoms in total. The topological polar surface area (TPSA) is 155 Å². The van der Waals surface area contributed by atoms with E-state index in [9.17, 15) is 19.2 Å². The maximum Gasteiger partial charge on any atom is 0.271 e. The van der Waals surface area contributed by atoms with Crippen molar-refractivity contribution in [3.05, 3.63) is 75.3 Å². The lowest BCUT2D eigenvalue weighted by Crippen LogP contribution is -2.49. The van der Waals surface area contributed by atoms with E-state index in [1.54, 1.807) is 25.3 Å². The predicted molar refractivity (Wildman–Crippen MR) is 159 cm³/mol. The van der Waals surface area contributed by atoms with Crippen LogP contribution in [-0.4, -0.2) is 57.2 Å². The molecule has 1 aliphatic rings. The quantitative estimate of drug-likeness (QED) is 0.356. The van der Waals surface area contributed by atoms with Crippen LogP contribution in [0.4, 0.5) is 0 Å². The third-order valence-corrected chi connectivity index (χ3v) is 7.86. The van der Waals surface area contributed by atoms with Crippen molar-refractivity contribution in [2.75, 3.05) is 6.54 Å². The van der Waals surface area contributed by atoms with Gasteiger partial charge in [0.1, 0.15) is 34.3 Å². The molecule has 0 fully saturated rings. The molecule has 0 radical (unpaired) electrons. The van der Waals surface area contributed by atoms with Crippen molar-refractivity contribution in [3.63, 3.8) is 0 Å². The number of fused-ring (bicyclic) bond motifs is 2. The second-order valence-corrected chi connectivity index (χ2v) is 11.7. The Kier molecular flexibility index (Phi) is 10.3. The van der Waals surface area contributed by atoms with E-state index >= 15 is 0 Å². The summed E-state index contributed by atoms with van der Waals surface area (Å²) in [7, 11) is 0. The molecule has 0 spiro atoms. The number of hydrogen-bond acceptors (Lipinski definition) is 8. The summed E-state index contributed by atoms with van der Waals surface area (Å²) in [6.07, 6.45) is 1.82. The predicted octanol–water partition coefficient (Wildman–Crippen LogP) is 2.80. The molecule has 4 amide bonds. The van der Waals surface area contributed by atoms with Crippen LogP contribution in [0.3, 0.4) is 0 Å². The summed E-state index contributed by atoms with van der Waals surface area (Å²) in [4.78, 5) is 66.0. The second kappa shape index (κ2) is 14.1. The summed E-state index contributed by atoms with van der Waals surface area (Å²) in [5, 5.41) is 13.8. The van der Waals surface area contributed by atoms with Crippen molar-refractivity contribution in [2.24, 2.45) is 5.92 Å². The van der Waals surface area contributed by atoms with Crippen molar-refractivity contribution in [1.82, 2.24) is 36.2 Å². The van der Waals surface area contributed by atoms with Crippen LogP contribution < -0.4 is 21.3 Å². The van der Waals surface area contributed by atoms with E-state index in [1.807, 2.05) is 44.2 Å². The molecule has 0 saturated heterocycles. The Morgan fingerprint density at radius 2 is 1.79 bits per heavy atom. The van der Waals surface area contributed by atoms with Crippen LogP contribution >= 0.6 is 11.3 Å². The van der Waals surface area contributed by atoms with E-state index in [0.717, 1.165) is 5.56 Å². The first kappa shape index (κ1) is 30.8. The van der Waals surface area contributed by atoms with Crippen molar-refractivity contribution >= 4 is 35.0 Å². The van der Waals surface area contributed by atoms with Crippen LogP contribution in [0.25, 0.3) is 0 Å². The molecule has 3 aromatic rings. The summed E-state index contributed by atoms with van der Waals surface area (Å²) in [6, 6.07) is 8.96. The number of amides is 4. The molecule has 42 heavy (non-hydrogen) atoms. The van der Waals surface area contributed by atoms with Gasteiger partial charge in [-0.15, -0.1) is 11.3 Å². The molecule has 2 aromatic heterocycles. The van der Waals surface area contributed by atoms with Gasteiger partial charge >= 0.3 is 0 Å². The smallest absolute Gasteiger partial charge is 0.271 e. The molecule has 222 valence electrons. The van der Waals surface area contributed by atoms with E-state index in [2.05, 4.69) is 36.2 Å². The Labute approximate surface area is 249 Å². The number of nitrogens with one attached hydrogen (secondary N) is 4. The average molecular weight is 592 g/mol. The van der Waals surface area contributed by atoms with Gasteiger partial charge in [-0.05, 0) is 50.7 Å². The summed E-state index contributed by atoms with van der Waals surface area (Å²) in [6.45, 7) is 7.73. The van der Waals surface area contributed by atoms with Gasteiger partial charge in [0.05, 0.1) is 6.04 Å². The molecule has 12 heteroatoms. The Bertz CT molecular complexity index is 1410. The highest BCUT2D eigenvalue weighted by molar-refractivity contribution is 7.09. The number of carbonyl (C=O) groups excluding carboxylic acids is 4. The maximum absolute atomic E-state index is 13.5. The van der Waals surface area contributed by atoms with Gasteiger partial charge in [-0.1, -0.05) is 44.2 Å². The molecular formula is C30H37N7O4S. The van der Waals surface area contributed by atoms with Gasteiger partial charge in [0.25, 0.3) is 11.8 Å². The molecule has 1 aliphatic heterocycles. The Morgan fingerprint density at radius 3 is 2.50 bits per heavy atom. The van der Waals surface area contributed by atoms with Crippen LogP contribution in [0, 0.1) is 19.8 Å². The van der Waals surface area contributed by atoms with E-state index in [4.69, 9.17) is 0 Å². The van der Waals surface area contributed by atoms with Gasteiger partial charge in [-0.25, -0.2) is 15.0 Å². The van der Waals surface area contributed by atoms with Gasteiger partial charge in [0.2, 0.25) is 11.8 Å². The van der Waals surface area contributed by atoms with Crippen molar-refractivity contribution in [1.29, 1.82) is 0 Å². The minimum Gasteiger partial charge on any atom is -0.354 e. The lowest BCUT2D eigenvalue weighted by molar-refractivity contribution is -0.124. The zero-order valence-electron chi connectivity index (χ0n) is 24.3. The van der Waals surface area contributed by atoms with Crippen LogP contribution in [0.2, 0.25) is 0 Å². The molecule has 0 saturated carbocycles. The highest BCUT2D eigenvalue weighted by Gasteiger charge is 2.30. The number of nitrogens with zero attached hydrogens (tertiary/aromatic N) is 3. The van der Waals surface area contributed by atoms with Crippen molar-refractivity contribution in [2.45, 2.75) is 71.5 Å². The molecule has 4 N–H and O–H groups in total. The molecular weight excluding hydrogens is 554 g/mol. The minimum atomic E-state index is -0.841. The number of hydrogen-bond donors (Lipinski definition) is 4. The van der Waals surface area contributed by atoms with Crippen LogP contribution in [0.15, 0.2) is 41.8 Å². The van der Waals surface area contributed by atoms with E-state index in [1.165, 1.54) is 11.3 Å². The van der Waals surface area contributed by atoms with E-state index in [-0.39, 0.29) is 29.1 Å². The lowest BCUT2D eigenvalue weighted by atomic mass is 10.0. The zero-order valence-corrected chi connectivity index (χ0v) is 25.1. The summed E-state index contributed by atoms with van der Waals surface area (Å²) in [5.74, 6) is -1.17. The first-order chi connectivity index (χ1) is 20.1. The number of carbonyl (C=O) groups is 4. The first-order valence-corrected chi connectivity index (χ1v) is 15.0. The maximum atomic E-state index is 13.5. The van der Waals surface area contributed by atoms with E-state index in [0.29, 0.717) is 48.8 Å². The Balaban J connectivity index is 1.58. The fraction of sp³-hybridized carbons (Fsp3) is 0.433. The lowest BCUT2D eigenvalue weighted by Gasteiger charge is -2.25. The van der Waals surface area contributed by atoms with Gasteiger partial charge in [-0.2, -0.15) is 0 Å². The largest absolute Gasteiger partial charge is 0.354 e. The average Bonchev–Trinajstić information content (AvgIpc) is 3.44. The fourth-order valence-corrected chi connectivity index (χ4v) is 5.76. The standard InChI is InChI=1S/C30H37N7O4S/c1-17(2)25-30-36-24(16-42-30)29(41)35-23(15-20-10-6-5-7-11-20)26(38)31-13-9-8-12-21(27(39)37-25)34-28(40)22-14-18(3)32-19(4)33-22/h5-7,10-11,14,16-17,21,23,25H,8-9,12-13,15H2,1-4H3,(H,31,38)(H,34,40)(H,35,41)(H,37,39)/t21-,23+,25+/m0/s1. The molecule has 1 aromatic carbocycles. The number of aryl methyl sites for hydroxylation is 2. The molecule has 4 rings (SSSR count). The molecule has 3 heterocycles. The summed E-state index contributed by atoms with van der Waals surface area (Å²) < 4.78 is 0. The van der Waals surface area contributed by atoms with E-state index < -0.39 is 29.9 Å². The van der Waals surface area contributed by atoms with Crippen molar-refractivity contribution in [3.8, 4) is 0 Å². The van der Waals surface area contributed by atoms with Crippen molar-refractivity contribution < 1.29 is 19.2 Å². The normalized spacial score (nSPS) is 20.4. The number of aromatic nitrogens is 3. The highest BCUT2D eigenvalue weighted by Crippen LogP contribution is 2.26. The number of thiazole rings is 1. The Morgan fingerprint density at radius 1 is 1.02 bits per heavy atom.